The van der Waals surface area contributed by atoms with Gasteiger partial charge in [-0.3, -0.25) is 4.79 Å². The standard InChI is InChI=1S/C15H17N3O3/c1-3-21-14(20)9-6-10(16-8-9)7-11-12(15(2)4-5-15)17-18-13(11)19/h6-8,16H,3-5H2,1-2H3,(H,18,19)/b11-7+. The van der Waals surface area contributed by atoms with Crippen LogP contribution >= 0.6 is 0 Å². The molecular formula is C15H17N3O3. The number of aromatic amines is 1. The van der Waals surface area contributed by atoms with Gasteiger partial charge in [-0.2, -0.15) is 5.10 Å². The second-order valence-electron chi connectivity index (χ2n) is 5.58. The minimum Gasteiger partial charge on any atom is -0.462 e. The minimum atomic E-state index is -0.377. The molecule has 1 fully saturated rings. The third kappa shape index (κ3) is 2.49. The number of carbonyl (C=O) groups excluding carboxylic acids is 2. The highest BCUT2D eigenvalue weighted by Crippen LogP contribution is 2.49. The van der Waals surface area contributed by atoms with Crippen molar-refractivity contribution in [3.63, 3.8) is 0 Å². The second kappa shape index (κ2) is 4.87. The Morgan fingerprint density at radius 1 is 1.52 bits per heavy atom. The molecule has 0 atom stereocenters. The number of ether oxygens (including phenoxy) is 1. The molecule has 2 N–H and O–H groups in total. The van der Waals surface area contributed by atoms with Crippen molar-refractivity contribution >= 4 is 23.7 Å². The summed E-state index contributed by atoms with van der Waals surface area (Å²) in [5.41, 5.74) is 5.01. The van der Waals surface area contributed by atoms with Crippen LogP contribution in [0.1, 0.15) is 42.7 Å². The molecule has 0 spiro atoms. The van der Waals surface area contributed by atoms with Crippen molar-refractivity contribution in [3.05, 3.63) is 29.1 Å². The van der Waals surface area contributed by atoms with Crippen LogP contribution in [-0.4, -0.2) is 29.2 Å². The Hall–Kier alpha value is -2.37. The lowest BCUT2D eigenvalue weighted by atomic mass is 9.95. The first kappa shape index (κ1) is 13.6. The van der Waals surface area contributed by atoms with Crippen LogP contribution in [0.5, 0.6) is 0 Å². The van der Waals surface area contributed by atoms with E-state index in [-0.39, 0.29) is 17.3 Å². The second-order valence-corrected chi connectivity index (χ2v) is 5.58. The number of hydrazone groups is 1. The number of hydrogen-bond donors (Lipinski definition) is 2. The van der Waals surface area contributed by atoms with Gasteiger partial charge in [0.05, 0.1) is 23.5 Å². The summed E-state index contributed by atoms with van der Waals surface area (Å²) in [5, 5.41) is 4.14. The van der Waals surface area contributed by atoms with E-state index < -0.39 is 0 Å². The molecule has 1 aromatic heterocycles. The predicted octanol–water partition coefficient (Wildman–Crippen LogP) is 1.86. The Balaban J connectivity index is 1.86. The molecule has 21 heavy (non-hydrogen) atoms. The third-order valence-electron chi connectivity index (χ3n) is 3.86. The summed E-state index contributed by atoms with van der Waals surface area (Å²) in [4.78, 5) is 26.5. The SMILES string of the molecule is CCOC(=O)c1c[nH]c(/C=C2/C(=O)NN=C2C2(C)CC2)c1. The molecule has 0 radical (unpaired) electrons. The van der Waals surface area contributed by atoms with Crippen LogP contribution in [0.2, 0.25) is 0 Å². The summed E-state index contributed by atoms with van der Waals surface area (Å²) in [6.07, 6.45) is 5.38. The van der Waals surface area contributed by atoms with Gasteiger partial charge in [-0.15, -0.1) is 0 Å². The van der Waals surface area contributed by atoms with E-state index in [4.69, 9.17) is 4.74 Å². The first-order valence-corrected chi connectivity index (χ1v) is 6.99. The van der Waals surface area contributed by atoms with Crippen LogP contribution in [0.25, 0.3) is 6.08 Å². The number of nitrogens with one attached hydrogen (secondary N) is 2. The smallest absolute Gasteiger partial charge is 0.339 e. The fourth-order valence-electron chi connectivity index (χ4n) is 2.34. The van der Waals surface area contributed by atoms with Crippen molar-refractivity contribution in [1.82, 2.24) is 10.4 Å². The third-order valence-corrected chi connectivity index (χ3v) is 3.86. The maximum absolute atomic E-state index is 11.9. The monoisotopic (exact) mass is 287 g/mol. The van der Waals surface area contributed by atoms with Gasteiger partial charge in [0.2, 0.25) is 0 Å². The molecule has 1 aliphatic heterocycles. The first-order chi connectivity index (χ1) is 10.0. The zero-order valence-corrected chi connectivity index (χ0v) is 12.0. The predicted molar refractivity (Wildman–Crippen MR) is 77.6 cm³/mol. The molecule has 0 saturated heterocycles. The van der Waals surface area contributed by atoms with E-state index in [1.807, 2.05) is 0 Å². The lowest BCUT2D eigenvalue weighted by molar-refractivity contribution is -0.116. The number of carbonyl (C=O) groups is 2. The lowest BCUT2D eigenvalue weighted by Gasteiger charge is -2.07. The van der Waals surface area contributed by atoms with Crippen molar-refractivity contribution in [2.75, 3.05) is 6.61 Å². The minimum absolute atomic E-state index is 0.00154. The molecule has 0 unspecified atom stereocenters. The highest BCUT2D eigenvalue weighted by atomic mass is 16.5. The molecule has 1 aromatic rings. The number of esters is 1. The molecule has 110 valence electrons. The van der Waals surface area contributed by atoms with Crippen LogP contribution in [0.3, 0.4) is 0 Å². The van der Waals surface area contributed by atoms with Crippen LogP contribution in [0.15, 0.2) is 22.9 Å². The molecular weight excluding hydrogens is 270 g/mol. The molecule has 1 aliphatic carbocycles. The van der Waals surface area contributed by atoms with Gasteiger partial charge in [-0.05, 0) is 31.9 Å². The van der Waals surface area contributed by atoms with E-state index in [1.165, 1.54) is 0 Å². The zero-order valence-electron chi connectivity index (χ0n) is 12.0. The van der Waals surface area contributed by atoms with Gasteiger partial charge in [0.15, 0.2) is 0 Å². The van der Waals surface area contributed by atoms with E-state index in [0.29, 0.717) is 23.4 Å². The Labute approximate surface area is 122 Å². The van der Waals surface area contributed by atoms with Crippen LogP contribution < -0.4 is 5.43 Å². The lowest BCUT2D eigenvalue weighted by Crippen LogP contribution is -2.17. The zero-order chi connectivity index (χ0) is 15.0. The van der Waals surface area contributed by atoms with Crippen molar-refractivity contribution in [2.45, 2.75) is 26.7 Å². The summed E-state index contributed by atoms with van der Waals surface area (Å²) < 4.78 is 4.94. The average Bonchev–Trinajstić information content (AvgIpc) is 2.88. The largest absolute Gasteiger partial charge is 0.462 e. The van der Waals surface area contributed by atoms with Crippen molar-refractivity contribution in [3.8, 4) is 0 Å². The molecule has 0 bridgehead atoms. The van der Waals surface area contributed by atoms with E-state index in [1.54, 1.807) is 25.3 Å². The summed E-state index contributed by atoms with van der Waals surface area (Å²) in [6, 6.07) is 1.67. The number of rotatable bonds is 4. The Morgan fingerprint density at radius 3 is 2.95 bits per heavy atom. The molecule has 0 aromatic carbocycles. The van der Waals surface area contributed by atoms with Gasteiger partial charge >= 0.3 is 5.97 Å². The Kier molecular flexibility index (Phi) is 3.16. The van der Waals surface area contributed by atoms with E-state index in [0.717, 1.165) is 18.6 Å². The van der Waals surface area contributed by atoms with E-state index in [2.05, 4.69) is 22.4 Å². The van der Waals surface area contributed by atoms with E-state index >= 15 is 0 Å². The van der Waals surface area contributed by atoms with Crippen molar-refractivity contribution in [1.29, 1.82) is 0 Å². The molecule has 3 rings (SSSR count). The number of H-pyrrole nitrogens is 1. The maximum Gasteiger partial charge on any atom is 0.339 e. The number of hydrogen-bond acceptors (Lipinski definition) is 4. The normalized spacial score (nSPS) is 21.1. The molecule has 6 nitrogen and oxygen atoms in total. The fraction of sp³-hybridized carbons (Fsp3) is 0.400. The topological polar surface area (TPSA) is 83.5 Å². The van der Waals surface area contributed by atoms with Crippen molar-refractivity contribution in [2.24, 2.45) is 10.5 Å². The highest BCUT2D eigenvalue weighted by Gasteiger charge is 2.47. The quantitative estimate of drug-likeness (QED) is 0.655. The molecule has 2 aliphatic rings. The fourth-order valence-corrected chi connectivity index (χ4v) is 2.34. The Morgan fingerprint density at radius 2 is 2.29 bits per heavy atom. The van der Waals surface area contributed by atoms with Gasteiger partial charge in [0.25, 0.3) is 5.91 Å². The van der Waals surface area contributed by atoms with Gasteiger partial charge in [0, 0.05) is 17.3 Å². The Bertz CT molecular complexity index is 665. The van der Waals surface area contributed by atoms with Crippen LogP contribution in [0.4, 0.5) is 0 Å². The highest BCUT2D eigenvalue weighted by molar-refractivity contribution is 6.29. The van der Waals surface area contributed by atoms with E-state index in [9.17, 15) is 9.59 Å². The van der Waals surface area contributed by atoms with Gasteiger partial charge < -0.3 is 9.72 Å². The summed E-state index contributed by atoms with van der Waals surface area (Å²) in [7, 11) is 0. The molecule has 1 amide bonds. The van der Waals surface area contributed by atoms with Gasteiger partial charge in [-0.1, -0.05) is 6.92 Å². The summed E-state index contributed by atoms with van der Waals surface area (Å²) in [6.45, 7) is 4.19. The van der Waals surface area contributed by atoms with Crippen LogP contribution in [0, 0.1) is 5.41 Å². The number of aromatic nitrogens is 1. The first-order valence-electron chi connectivity index (χ1n) is 6.99. The van der Waals surface area contributed by atoms with Gasteiger partial charge in [0.1, 0.15) is 0 Å². The average molecular weight is 287 g/mol. The molecule has 1 saturated carbocycles. The number of amides is 1. The van der Waals surface area contributed by atoms with Gasteiger partial charge in [-0.25, -0.2) is 10.2 Å². The van der Waals surface area contributed by atoms with Crippen LogP contribution in [-0.2, 0) is 9.53 Å². The molecule has 6 heteroatoms. The summed E-state index contributed by atoms with van der Waals surface area (Å²) >= 11 is 0. The van der Waals surface area contributed by atoms with Crippen molar-refractivity contribution < 1.29 is 14.3 Å². The molecule has 2 heterocycles. The number of nitrogens with zero attached hydrogens (tertiary/aromatic N) is 1. The maximum atomic E-state index is 11.9. The summed E-state index contributed by atoms with van der Waals surface area (Å²) in [5.74, 6) is -0.581.